The van der Waals surface area contributed by atoms with Gasteiger partial charge in [0.15, 0.2) is 0 Å². The van der Waals surface area contributed by atoms with Crippen molar-refractivity contribution < 1.29 is 14.4 Å². The van der Waals surface area contributed by atoms with Crippen molar-refractivity contribution >= 4 is 29.5 Å². The summed E-state index contributed by atoms with van der Waals surface area (Å²) in [6, 6.07) is 7.01. The summed E-state index contributed by atoms with van der Waals surface area (Å²) in [5, 5.41) is 3.00. The molecule has 3 aliphatic rings. The maximum absolute atomic E-state index is 12.7. The van der Waals surface area contributed by atoms with Gasteiger partial charge in [-0.2, -0.15) is 0 Å². The van der Waals surface area contributed by atoms with Gasteiger partial charge in [-0.1, -0.05) is 19.1 Å². The van der Waals surface area contributed by atoms with Crippen molar-refractivity contribution in [3.05, 3.63) is 35.4 Å². The molecule has 3 aliphatic heterocycles. The van der Waals surface area contributed by atoms with Gasteiger partial charge in [0.05, 0.1) is 5.88 Å². The van der Waals surface area contributed by atoms with Gasteiger partial charge in [-0.25, -0.2) is 0 Å². The Morgan fingerprint density at radius 2 is 1.81 bits per heavy atom. The van der Waals surface area contributed by atoms with E-state index < -0.39 is 0 Å². The van der Waals surface area contributed by atoms with Crippen LogP contribution in [0.15, 0.2) is 24.3 Å². The van der Waals surface area contributed by atoms with E-state index in [9.17, 15) is 14.4 Å². The molecule has 3 amide bonds. The Bertz CT molecular complexity index is 825. The summed E-state index contributed by atoms with van der Waals surface area (Å²) in [6.45, 7) is 9.98. The summed E-state index contributed by atoms with van der Waals surface area (Å²) >= 11 is 1.63. The van der Waals surface area contributed by atoms with Gasteiger partial charge in [0.2, 0.25) is 11.8 Å². The number of nitrogens with one attached hydrogen (secondary N) is 1. The molecule has 4 rings (SSSR count). The number of hydrogen-bond acceptors (Lipinski definition) is 6. The van der Waals surface area contributed by atoms with E-state index in [1.807, 2.05) is 12.1 Å². The fourth-order valence-corrected chi connectivity index (χ4v) is 5.66. The largest absolute Gasteiger partial charge is 0.352 e. The minimum atomic E-state index is -0.318. The molecule has 8 nitrogen and oxygen atoms in total. The van der Waals surface area contributed by atoms with Gasteiger partial charge in [-0.15, -0.1) is 11.8 Å². The van der Waals surface area contributed by atoms with Gasteiger partial charge < -0.3 is 24.9 Å². The summed E-state index contributed by atoms with van der Waals surface area (Å²) in [7, 11) is 0. The number of benzene rings is 1. The zero-order valence-electron chi connectivity index (χ0n) is 18.8. The van der Waals surface area contributed by atoms with E-state index in [1.165, 1.54) is 0 Å². The Kier molecular flexibility index (Phi) is 7.70. The lowest BCUT2D eigenvalue weighted by Crippen LogP contribution is -2.57. The van der Waals surface area contributed by atoms with Crippen LogP contribution >= 0.6 is 11.8 Å². The molecule has 0 saturated carbocycles. The molecule has 1 N–H and O–H groups in total. The van der Waals surface area contributed by atoms with Gasteiger partial charge in [-0.3, -0.25) is 14.4 Å². The number of rotatable bonds is 8. The standard InChI is InChI=1S/C23H33N5O3S/c1-2-25-10-12-26(13-11-25)9-3-8-24-22(30)19-6-4-18(5-7-19)14-27-15-21(29)28-17-32-16-20(28)23(27)31/h4-7,20H,2-3,8-17H2,1H3,(H,24,30)/t20-/m1/s1. The van der Waals surface area contributed by atoms with E-state index in [4.69, 9.17) is 0 Å². The van der Waals surface area contributed by atoms with Crippen LogP contribution in [0, 0.1) is 0 Å². The first kappa shape index (κ1) is 23.1. The van der Waals surface area contributed by atoms with Crippen molar-refractivity contribution in [2.24, 2.45) is 0 Å². The second-order valence-electron chi connectivity index (χ2n) is 8.66. The van der Waals surface area contributed by atoms with Crippen molar-refractivity contribution in [2.45, 2.75) is 25.9 Å². The van der Waals surface area contributed by atoms with Gasteiger partial charge in [0.1, 0.15) is 12.6 Å². The van der Waals surface area contributed by atoms with E-state index >= 15 is 0 Å². The van der Waals surface area contributed by atoms with Crippen LogP contribution < -0.4 is 5.32 Å². The Morgan fingerprint density at radius 3 is 2.53 bits per heavy atom. The highest BCUT2D eigenvalue weighted by molar-refractivity contribution is 7.99. The van der Waals surface area contributed by atoms with E-state index in [2.05, 4.69) is 22.0 Å². The summed E-state index contributed by atoms with van der Waals surface area (Å²) < 4.78 is 0. The molecule has 0 unspecified atom stereocenters. The van der Waals surface area contributed by atoms with Crippen molar-refractivity contribution in [3.8, 4) is 0 Å². The Hall–Kier alpha value is -2.10. The summed E-state index contributed by atoms with van der Waals surface area (Å²) in [4.78, 5) is 45.6. The lowest BCUT2D eigenvalue weighted by atomic mass is 10.1. The molecule has 3 fully saturated rings. The highest BCUT2D eigenvalue weighted by Gasteiger charge is 2.42. The molecule has 0 aliphatic carbocycles. The van der Waals surface area contributed by atoms with Gasteiger partial charge in [0.25, 0.3) is 5.91 Å². The molecular formula is C23H33N5O3S. The molecule has 32 heavy (non-hydrogen) atoms. The Labute approximate surface area is 194 Å². The fraction of sp³-hybridized carbons (Fsp3) is 0.609. The van der Waals surface area contributed by atoms with Crippen molar-refractivity contribution in [1.82, 2.24) is 24.9 Å². The quantitative estimate of drug-likeness (QED) is 0.577. The normalized spacial score (nSPS) is 22.3. The van der Waals surface area contributed by atoms with Crippen LogP contribution in [0.4, 0.5) is 0 Å². The molecule has 1 aromatic rings. The average Bonchev–Trinajstić information content (AvgIpc) is 3.32. The van der Waals surface area contributed by atoms with Crippen molar-refractivity contribution in [3.63, 3.8) is 0 Å². The summed E-state index contributed by atoms with van der Waals surface area (Å²) in [5.74, 6) is 1.25. The average molecular weight is 460 g/mol. The first-order valence-electron chi connectivity index (χ1n) is 11.5. The number of likely N-dealkylation sites (N-methyl/N-ethyl adjacent to an activating group) is 1. The van der Waals surface area contributed by atoms with E-state index in [-0.39, 0.29) is 30.3 Å². The smallest absolute Gasteiger partial charge is 0.251 e. The highest BCUT2D eigenvalue weighted by Crippen LogP contribution is 2.26. The number of amides is 3. The molecule has 3 heterocycles. The van der Waals surface area contributed by atoms with Gasteiger partial charge in [0, 0.05) is 50.6 Å². The number of carbonyl (C=O) groups is 3. The molecule has 0 spiro atoms. The minimum Gasteiger partial charge on any atom is -0.352 e. The molecule has 0 aromatic heterocycles. The van der Waals surface area contributed by atoms with Crippen LogP contribution in [-0.2, 0) is 16.1 Å². The predicted octanol–water partition coefficient (Wildman–Crippen LogP) is 0.688. The zero-order valence-corrected chi connectivity index (χ0v) is 19.6. The molecule has 174 valence electrons. The Morgan fingerprint density at radius 1 is 1.09 bits per heavy atom. The second-order valence-corrected chi connectivity index (χ2v) is 9.66. The topological polar surface area (TPSA) is 76.2 Å². The number of fused-ring (bicyclic) bond motifs is 1. The first-order valence-corrected chi connectivity index (χ1v) is 12.7. The second kappa shape index (κ2) is 10.7. The molecule has 1 aromatic carbocycles. The lowest BCUT2D eigenvalue weighted by Gasteiger charge is -2.35. The number of thioether (sulfide) groups is 1. The van der Waals surface area contributed by atoms with Gasteiger partial charge in [-0.05, 0) is 37.2 Å². The van der Waals surface area contributed by atoms with E-state index in [1.54, 1.807) is 33.7 Å². The van der Waals surface area contributed by atoms with E-state index in [0.29, 0.717) is 30.3 Å². The zero-order chi connectivity index (χ0) is 22.5. The predicted molar refractivity (Wildman–Crippen MR) is 125 cm³/mol. The lowest BCUT2D eigenvalue weighted by molar-refractivity contribution is -0.153. The number of hydrogen-bond donors (Lipinski definition) is 1. The minimum absolute atomic E-state index is 0.0165. The van der Waals surface area contributed by atoms with Crippen molar-refractivity contribution in [2.75, 3.05) is 64.0 Å². The SMILES string of the molecule is CCN1CCN(CCCNC(=O)c2ccc(CN3CC(=O)N4CSC[C@@H]4C3=O)cc2)CC1. The third kappa shape index (κ3) is 5.44. The van der Waals surface area contributed by atoms with Crippen LogP contribution in [-0.4, -0.2) is 107 Å². The molecule has 1 atom stereocenters. The Balaban J connectivity index is 1.20. The summed E-state index contributed by atoms with van der Waals surface area (Å²) in [6.07, 6.45) is 0.942. The van der Waals surface area contributed by atoms with E-state index in [0.717, 1.165) is 51.3 Å². The van der Waals surface area contributed by atoms with Crippen LogP contribution in [0.1, 0.15) is 29.3 Å². The van der Waals surface area contributed by atoms with Gasteiger partial charge >= 0.3 is 0 Å². The summed E-state index contributed by atoms with van der Waals surface area (Å²) in [5.41, 5.74) is 1.54. The molecular weight excluding hydrogens is 426 g/mol. The maximum Gasteiger partial charge on any atom is 0.251 e. The molecule has 0 radical (unpaired) electrons. The van der Waals surface area contributed by atoms with Crippen LogP contribution in [0.3, 0.4) is 0 Å². The number of piperazine rings is 2. The molecule has 0 bridgehead atoms. The maximum atomic E-state index is 12.7. The first-order chi connectivity index (χ1) is 15.5. The van der Waals surface area contributed by atoms with Crippen LogP contribution in [0.25, 0.3) is 0 Å². The fourth-order valence-electron chi connectivity index (χ4n) is 4.49. The van der Waals surface area contributed by atoms with Crippen molar-refractivity contribution in [1.29, 1.82) is 0 Å². The highest BCUT2D eigenvalue weighted by atomic mass is 32.2. The third-order valence-electron chi connectivity index (χ3n) is 6.56. The van der Waals surface area contributed by atoms with Crippen LogP contribution in [0.5, 0.6) is 0 Å². The number of carbonyl (C=O) groups excluding carboxylic acids is 3. The number of nitrogens with zero attached hydrogens (tertiary/aromatic N) is 4. The molecule has 9 heteroatoms. The van der Waals surface area contributed by atoms with Crippen LogP contribution in [0.2, 0.25) is 0 Å². The monoisotopic (exact) mass is 459 g/mol. The third-order valence-corrected chi connectivity index (χ3v) is 7.58. The molecule has 3 saturated heterocycles.